The number of rotatable bonds is 3. The van der Waals surface area contributed by atoms with Crippen LogP contribution >= 0.6 is 0 Å². The van der Waals surface area contributed by atoms with Gasteiger partial charge in [0.25, 0.3) is 0 Å². The highest BCUT2D eigenvalue weighted by Gasteiger charge is 2.56. The predicted molar refractivity (Wildman–Crippen MR) is 91.9 cm³/mol. The van der Waals surface area contributed by atoms with Crippen molar-refractivity contribution in [3.63, 3.8) is 0 Å². The van der Waals surface area contributed by atoms with Gasteiger partial charge in [-0.2, -0.15) is 0 Å². The molecule has 3 atom stereocenters. The van der Waals surface area contributed by atoms with Gasteiger partial charge in [0, 0.05) is 56.6 Å². The maximum Gasteiger partial charge on any atom is 0.407 e. The van der Waals surface area contributed by atoms with Gasteiger partial charge in [0.05, 0.1) is 0 Å². The Morgan fingerprint density at radius 3 is 2.42 bits per heavy atom. The van der Waals surface area contributed by atoms with Crippen molar-refractivity contribution in [2.75, 3.05) is 26.2 Å². The molecule has 3 rings (SSSR count). The van der Waals surface area contributed by atoms with Crippen LogP contribution in [0, 0.1) is 5.41 Å². The maximum atomic E-state index is 11.7. The molecule has 3 unspecified atom stereocenters. The second-order valence-corrected chi connectivity index (χ2v) is 7.92. The van der Waals surface area contributed by atoms with E-state index in [2.05, 4.69) is 18.7 Å². The quantitative estimate of drug-likeness (QED) is 0.858. The van der Waals surface area contributed by atoms with Crippen LogP contribution in [0.15, 0.2) is 0 Å². The molecule has 1 saturated carbocycles. The summed E-state index contributed by atoms with van der Waals surface area (Å²) in [6.07, 6.45) is 4.82. The molecule has 6 heteroatoms. The first-order valence-corrected chi connectivity index (χ1v) is 9.39. The first-order valence-electron chi connectivity index (χ1n) is 9.39. The Balaban J connectivity index is 1.52. The highest BCUT2D eigenvalue weighted by Crippen LogP contribution is 2.51. The van der Waals surface area contributed by atoms with E-state index in [-0.39, 0.29) is 17.4 Å². The fourth-order valence-electron chi connectivity index (χ4n) is 5.32. The lowest BCUT2D eigenvalue weighted by molar-refractivity contribution is -0.132. The van der Waals surface area contributed by atoms with Gasteiger partial charge in [0.2, 0.25) is 5.91 Å². The summed E-state index contributed by atoms with van der Waals surface area (Å²) in [6, 6.07) is 1.15. The van der Waals surface area contributed by atoms with Gasteiger partial charge in [-0.1, -0.05) is 0 Å². The number of hydrogen-bond donors (Lipinski definition) is 1. The molecule has 1 N–H and O–H groups in total. The second-order valence-electron chi connectivity index (χ2n) is 7.92. The van der Waals surface area contributed by atoms with Crippen LogP contribution in [0.3, 0.4) is 0 Å². The standard InChI is InChI=1S/C18H31N3O3/c1-4-20(14(3)22)15-6-9-19(10-7-15)16-5-8-18(11-16)12-21(13(18)2)17(23)24/h13,15-16H,4-12H2,1-3H3,(H,23,24). The van der Waals surface area contributed by atoms with Crippen LogP contribution in [-0.4, -0.2) is 76.1 Å². The highest BCUT2D eigenvalue weighted by atomic mass is 16.4. The van der Waals surface area contributed by atoms with Crippen LogP contribution in [0.2, 0.25) is 0 Å². The Kier molecular flexibility index (Phi) is 4.78. The smallest absolute Gasteiger partial charge is 0.407 e. The first kappa shape index (κ1) is 17.5. The summed E-state index contributed by atoms with van der Waals surface area (Å²) in [5.74, 6) is 0.188. The van der Waals surface area contributed by atoms with E-state index >= 15 is 0 Å². The second kappa shape index (κ2) is 6.54. The van der Waals surface area contributed by atoms with Crippen LogP contribution in [-0.2, 0) is 4.79 Å². The third-order valence-corrected chi connectivity index (χ3v) is 6.90. The Labute approximate surface area is 144 Å². The molecule has 2 aliphatic heterocycles. The van der Waals surface area contributed by atoms with Gasteiger partial charge >= 0.3 is 6.09 Å². The average molecular weight is 337 g/mol. The summed E-state index contributed by atoms with van der Waals surface area (Å²) in [4.78, 5) is 29.1. The number of carboxylic acid groups (broad SMARTS) is 1. The molecule has 1 aliphatic carbocycles. The third kappa shape index (κ3) is 2.89. The number of nitrogens with zero attached hydrogens (tertiary/aromatic N) is 3. The van der Waals surface area contributed by atoms with E-state index in [9.17, 15) is 14.7 Å². The fraction of sp³-hybridized carbons (Fsp3) is 0.889. The van der Waals surface area contributed by atoms with E-state index in [4.69, 9.17) is 0 Å². The van der Waals surface area contributed by atoms with Crippen LogP contribution in [0.25, 0.3) is 0 Å². The van der Waals surface area contributed by atoms with E-state index in [1.54, 1.807) is 11.8 Å². The van der Waals surface area contributed by atoms with Gasteiger partial charge in [0.1, 0.15) is 0 Å². The third-order valence-electron chi connectivity index (χ3n) is 6.90. The van der Waals surface area contributed by atoms with Gasteiger partial charge in [-0.15, -0.1) is 0 Å². The summed E-state index contributed by atoms with van der Waals surface area (Å²) in [7, 11) is 0. The molecule has 0 radical (unpaired) electrons. The molecule has 136 valence electrons. The van der Waals surface area contributed by atoms with Gasteiger partial charge in [-0.3, -0.25) is 4.79 Å². The van der Waals surface area contributed by atoms with E-state index < -0.39 is 6.09 Å². The fourth-order valence-corrected chi connectivity index (χ4v) is 5.32. The molecule has 2 saturated heterocycles. The van der Waals surface area contributed by atoms with E-state index in [1.165, 1.54) is 6.42 Å². The number of carbonyl (C=O) groups excluding carboxylic acids is 1. The Morgan fingerprint density at radius 2 is 1.92 bits per heavy atom. The number of amides is 2. The lowest BCUT2D eigenvalue weighted by Crippen LogP contribution is -2.64. The minimum Gasteiger partial charge on any atom is -0.465 e. The van der Waals surface area contributed by atoms with E-state index in [0.717, 1.165) is 45.3 Å². The normalized spacial score (nSPS) is 34.4. The number of hydrogen-bond acceptors (Lipinski definition) is 3. The van der Waals surface area contributed by atoms with Crippen molar-refractivity contribution in [3.8, 4) is 0 Å². The SMILES string of the molecule is CCN(C(C)=O)C1CCN(C2CCC3(C2)CN(C(=O)O)C3C)CC1. The Morgan fingerprint density at radius 1 is 1.25 bits per heavy atom. The molecule has 3 fully saturated rings. The van der Waals surface area contributed by atoms with Crippen molar-refractivity contribution in [3.05, 3.63) is 0 Å². The van der Waals surface area contributed by atoms with Crippen LogP contribution in [0.4, 0.5) is 4.79 Å². The maximum absolute atomic E-state index is 11.7. The molecule has 1 spiro atoms. The van der Waals surface area contributed by atoms with Gasteiger partial charge < -0.3 is 19.8 Å². The number of carbonyl (C=O) groups is 2. The molecule has 6 nitrogen and oxygen atoms in total. The molecule has 2 amide bonds. The van der Waals surface area contributed by atoms with Crippen molar-refractivity contribution in [2.45, 2.75) is 71.0 Å². The number of likely N-dealkylation sites (tertiary alicyclic amines) is 2. The van der Waals surface area contributed by atoms with Crippen molar-refractivity contribution >= 4 is 12.0 Å². The van der Waals surface area contributed by atoms with Crippen LogP contribution in [0.5, 0.6) is 0 Å². The highest BCUT2D eigenvalue weighted by molar-refractivity contribution is 5.73. The molecule has 2 heterocycles. The minimum absolute atomic E-state index is 0.158. The summed E-state index contributed by atoms with van der Waals surface area (Å²) < 4.78 is 0. The zero-order chi connectivity index (χ0) is 17.5. The number of piperidine rings is 1. The first-order chi connectivity index (χ1) is 11.4. The largest absolute Gasteiger partial charge is 0.465 e. The van der Waals surface area contributed by atoms with Crippen molar-refractivity contribution in [1.82, 2.24) is 14.7 Å². The summed E-state index contributed by atoms with van der Waals surface area (Å²) >= 11 is 0. The molecule has 0 aromatic heterocycles. The predicted octanol–water partition coefficient (Wildman–Crippen LogP) is 2.24. The van der Waals surface area contributed by atoms with Crippen molar-refractivity contribution in [2.24, 2.45) is 5.41 Å². The lowest BCUT2D eigenvalue weighted by atomic mass is 9.71. The Bertz CT molecular complexity index is 504. The summed E-state index contributed by atoms with van der Waals surface area (Å²) in [6.45, 7) is 9.43. The zero-order valence-electron chi connectivity index (χ0n) is 15.2. The van der Waals surface area contributed by atoms with Gasteiger partial charge in [-0.25, -0.2) is 4.79 Å². The van der Waals surface area contributed by atoms with E-state index in [0.29, 0.717) is 18.6 Å². The topological polar surface area (TPSA) is 64.1 Å². The zero-order valence-corrected chi connectivity index (χ0v) is 15.2. The minimum atomic E-state index is -0.777. The van der Waals surface area contributed by atoms with Crippen LogP contribution < -0.4 is 0 Å². The Hall–Kier alpha value is -1.30. The van der Waals surface area contributed by atoms with Crippen molar-refractivity contribution < 1.29 is 14.7 Å². The molecule has 3 aliphatic rings. The summed E-state index contributed by atoms with van der Waals surface area (Å²) in [5.41, 5.74) is 0.217. The molecule has 0 aromatic carbocycles. The molecular formula is C18H31N3O3. The van der Waals surface area contributed by atoms with E-state index in [1.807, 2.05) is 4.90 Å². The summed E-state index contributed by atoms with van der Waals surface area (Å²) in [5, 5.41) is 9.19. The van der Waals surface area contributed by atoms with Gasteiger partial charge in [-0.05, 0) is 46.0 Å². The molecule has 0 bridgehead atoms. The van der Waals surface area contributed by atoms with Gasteiger partial charge in [0.15, 0.2) is 0 Å². The molecule has 0 aromatic rings. The monoisotopic (exact) mass is 337 g/mol. The molecular weight excluding hydrogens is 306 g/mol. The molecule has 24 heavy (non-hydrogen) atoms. The van der Waals surface area contributed by atoms with Crippen molar-refractivity contribution in [1.29, 1.82) is 0 Å². The average Bonchev–Trinajstić information content (AvgIpc) is 3.00. The lowest BCUT2D eigenvalue weighted by Gasteiger charge is -2.54. The van der Waals surface area contributed by atoms with Crippen LogP contribution in [0.1, 0.15) is 52.9 Å².